The van der Waals surface area contributed by atoms with Crippen molar-refractivity contribution in [3.05, 3.63) is 35.4 Å². The molecule has 3 atom stereocenters. The molecule has 2 aliphatic rings. The van der Waals surface area contributed by atoms with Gasteiger partial charge in [-0.3, -0.25) is 14.5 Å². The Morgan fingerprint density at radius 2 is 1.91 bits per heavy atom. The third kappa shape index (κ3) is 3.39. The lowest BCUT2D eigenvalue weighted by molar-refractivity contribution is -0.134. The zero-order chi connectivity index (χ0) is 16.6. The summed E-state index contributed by atoms with van der Waals surface area (Å²) in [6.07, 6.45) is 2.98. The van der Waals surface area contributed by atoms with Gasteiger partial charge >= 0.3 is 0 Å². The highest BCUT2D eigenvalue weighted by atomic mass is 16.2. The zero-order valence-electron chi connectivity index (χ0n) is 13.9. The maximum atomic E-state index is 11.9. The van der Waals surface area contributed by atoms with Gasteiger partial charge in [-0.05, 0) is 49.4 Å². The smallest absolute Gasteiger partial charge is 0.248 e. The molecule has 0 spiro atoms. The molecule has 0 radical (unpaired) electrons. The minimum absolute atomic E-state index is 0.289. The standard InChI is InChI=1S/C18H25N3O2/c1-20(10-12-3-5-13(6-4-12)18(19)23)16-7-14-9-17(22)21(2)11-15(14)8-16/h3-6,14-16H,7-11H2,1-2H3,(H2,19,23)/t14-,15+,16-/m1/s1. The average Bonchev–Trinajstić information content (AvgIpc) is 2.91. The van der Waals surface area contributed by atoms with E-state index in [2.05, 4.69) is 11.9 Å². The number of hydrogen-bond acceptors (Lipinski definition) is 3. The summed E-state index contributed by atoms with van der Waals surface area (Å²) in [5, 5.41) is 0. The highest BCUT2D eigenvalue weighted by molar-refractivity contribution is 5.92. The first-order valence-electron chi connectivity index (χ1n) is 8.27. The van der Waals surface area contributed by atoms with Crippen LogP contribution in [0.3, 0.4) is 0 Å². The van der Waals surface area contributed by atoms with E-state index in [9.17, 15) is 9.59 Å². The predicted octanol–water partition coefficient (Wildman–Crippen LogP) is 1.47. The number of hydrogen-bond donors (Lipinski definition) is 1. The van der Waals surface area contributed by atoms with E-state index in [0.717, 1.165) is 25.9 Å². The molecule has 5 heteroatoms. The quantitative estimate of drug-likeness (QED) is 0.915. The monoisotopic (exact) mass is 315 g/mol. The Morgan fingerprint density at radius 3 is 2.57 bits per heavy atom. The molecule has 0 bridgehead atoms. The number of rotatable bonds is 4. The molecule has 124 valence electrons. The number of carbonyl (C=O) groups excluding carboxylic acids is 2. The van der Waals surface area contributed by atoms with Crippen molar-refractivity contribution in [2.24, 2.45) is 17.6 Å². The second-order valence-electron chi connectivity index (χ2n) is 7.10. The van der Waals surface area contributed by atoms with E-state index >= 15 is 0 Å². The van der Waals surface area contributed by atoms with Gasteiger partial charge in [0.15, 0.2) is 0 Å². The van der Waals surface area contributed by atoms with E-state index in [1.165, 1.54) is 5.56 Å². The molecule has 2 fully saturated rings. The summed E-state index contributed by atoms with van der Waals surface area (Å²) >= 11 is 0. The lowest BCUT2D eigenvalue weighted by atomic mass is 9.88. The highest BCUT2D eigenvalue weighted by Gasteiger charge is 2.41. The molecule has 2 amide bonds. The number of nitrogens with zero attached hydrogens (tertiary/aromatic N) is 2. The number of primary amides is 1. The highest BCUT2D eigenvalue weighted by Crippen LogP contribution is 2.40. The minimum atomic E-state index is -0.390. The third-order valence-electron chi connectivity index (χ3n) is 5.48. The van der Waals surface area contributed by atoms with Crippen molar-refractivity contribution in [3.63, 3.8) is 0 Å². The Labute approximate surface area is 137 Å². The van der Waals surface area contributed by atoms with Crippen molar-refractivity contribution in [3.8, 4) is 0 Å². The first-order chi connectivity index (χ1) is 10.9. The van der Waals surface area contributed by atoms with Crippen LogP contribution in [0.1, 0.15) is 35.2 Å². The predicted molar refractivity (Wildman–Crippen MR) is 88.7 cm³/mol. The molecular weight excluding hydrogens is 290 g/mol. The molecule has 1 saturated carbocycles. The lowest BCUT2D eigenvalue weighted by Gasteiger charge is -2.31. The largest absolute Gasteiger partial charge is 0.366 e. The number of fused-ring (bicyclic) bond motifs is 1. The van der Waals surface area contributed by atoms with Crippen LogP contribution >= 0.6 is 0 Å². The van der Waals surface area contributed by atoms with Crippen molar-refractivity contribution in [1.29, 1.82) is 0 Å². The molecule has 0 aromatic heterocycles. The summed E-state index contributed by atoms with van der Waals surface area (Å²) in [5.74, 6) is 1.08. The van der Waals surface area contributed by atoms with Gasteiger partial charge in [-0.1, -0.05) is 12.1 Å². The Morgan fingerprint density at radius 1 is 1.26 bits per heavy atom. The topological polar surface area (TPSA) is 66.6 Å². The first kappa shape index (κ1) is 16.0. The molecule has 1 aliphatic heterocycles. The Kier molecular flexibility index (Phi) is 4.39. The number of amides is 2. The van der Waals surface area contributed by atoms with Gasteiger partial charge in [0.05, 0.1) is 0 Å². The maximum absolute atomic E-state index is 11.9. The molecule has 2 N–H and O–H groups in total. The van der Waals surface area contributed by atoms with Crippen LogP contribution in [0.15, 0.2) is 24.3 Å². The Hall–Kier alpha value is -1.88. The summed E-state index contributed by atoms with van der Waals surface area (Å²) < 4.78 is 0. The Bertz CT molecular complexity index is 599. The van der Waals surface area contributed by atoms with Crippen LogP contribution in [-0.4, -0.2) is 48.3 Å². The van der Waals surface area contributed by atoms with Crippen molar-refractivity contribution in [2.45, 2.75) is 31.8 Å². The van der Waals surface area contributed by atoms with E-state index < -0.39 is 5.91 Å². The Balaban J connectivity index is 1.60. The van der Waals surface area contributed by atoms with Crippen molar-refractivity contribution < 1.29 is 9.59 Å². The summed E-state index contributed by atoms with van der Waals surface area (Å²) in [4.78, 5) is 27.2. The molecule has 1 aromatic rings. The van der Waals surface area contributed by atoms with Crippen LogP contribution in [0.2, 0.25) is 0 Å². The summed E-state index contributed by atoms with van der Waals surface area (Å²) in [6, 6.07) is 8.03. The summed E-state index contributed by atoms with van der Waals surface area (Å²) in [5.41, 5.74) is 7.00. The fourth-order valence-corrected chi connectivity index (χ4v) is 4.04. The molecule has 1 heterocycles. The van der Waals surface area contributed by atoms with Gasteiger partial charge in [0.2, 0.25) is 11.8 Å². The fraction of sp³-hybridized carbons (Fsp3) is 0.556. The second kappa shape index (κ2) is 6.32. The van der Waals surface area contributed by atoms with E-state index in [4.69, 9.17) is 5.73 Å². The van der Waals surface area contributed by atoms with E-state index in [1.807, 2.05) is 24.1 Å². The maximum Gasteiger partial charge on any atom is 0.248 e. The molecule has 3 rings (SSSR count). The molecular formula is C18H25N3O2. The van der Waals surface area contributed by atoms with Crippen LogP contribution in [0.25, 0.3) is 0 Å². The first-order valence-corrected chi connectivity index (χ1v) is 8.27. The lowest BCUT2D eigenvalue weighted by Crippen LogP contribution is -2.39. The SMILES string of the molecule is CN1C[C@@H]2C[C@H](N(C)Cc3ccc(C(N)=O)cc3)C[C@@H]2CC1=O. The number of likely N-dealkylation sites (tertiary alicyclic amines) is 1. The summed E-state index contributed by atoms with van der Waals surface area (Å²) in [6.45, 7) is 1.76. The van der Waals surface area contributed by atoms with Crippen molar-refractivity contribution in [2.75, 3.05) is 20.6 Å². The van der Waals surface area contributed by atoms with E-state index in [1.54, 1.807) is 12.1 Å². The van der Waals surface area contributed by atoms with Crippen LogP contribution in [-0.2, 0) is 11.3 Å². The van der Waals surface area contributed by atoms with Gasteiger partial charge in [0.25, 0.3) is 0 Å². The van der Waals surface area contributed by atoms with Crippen molar-refractivity contribution >= 4 is 11.8 Å². The van der Waals surface area contributed by atoms with E-state index in [-0.39, 0.29) is 5.91 Å². The van der Waals surface area contributed by atoms with Gasteiger partial charge in [-0.25, -0.2) is 0 Å². The average molecular weight is 315 g/mol. The van der Waals surface area contributed by atoms with Crippen LogP contribution in [0.4, 0.5) is 0 Å². The molecule has 23 heavy (non-hydrogen) atoms. The van der Waals surface area contributed by atoms with Crippen LogP contribution < -0.4 is 5.73 Å². The molecule has 0 unspecified atom stereocenters. The van der Waals surface area contributed by atoms with Crippen molar-refractivity contribution in [1.82, 2.24) is 9.80 Å². The number of carbonyl (C=O) groups is 2. The normalized spacial score (nSPS) is 27.3. The number of nitrogens with two attached hydrogens (primary N) is 1. The summed E-state index contributed by atoms with van der Waals surface area (Å²) in [7, 11) is 4.06. The van der Waals surface area contributed by atoms with Gasteiger partial charge in [-0.2, -0.15) is 0 Å². The third-order valence-corrected chi connectivity index (χ3v) is 5.48. The second-order valence-corrected chi connectivity index (χ2v) is 7.10. The molecule has 1 aromatic carbocycles. The fourth-order valence-electron chi connectivity index (χ4n) is 4.04. The van der Waals surface area contributed by atoms with Gasteiger partial charge < -0.3 is 10.6 Å². The molecule has 5 nitrogen and oxygen atoms in total. The molecule has 1 aliphatic carbocycles. The van der Waals surface area contributed by atoms with Gasteiger partial charge in [-0.15, -0.1) is 0 Å². The van der Waals surface area contributed by atoms with E-state index in [0.29, 0.717) is 29.9 Å². The zero-order valence-corrected chi connectivity index (χ0v) is 13.9. The molecule has 1 saturated heterocycles. The minimum Gasteiger partial charge on any atom is -0.366 e. The van der Waals surface area contributed by atoms with Crippen LogP contribution in [0.5, 0.6) is 0 Å². The van der Waals surface area contributed by atoms with Crippen LogP contribution in [0, 0.1) is 11.8 Å². The van der Waals surface area contributed by atoms with Gasteiger partial charge in [0.1, 0.15) is 0 Å². The van der Waals surface area contributed by atoms with Gasteiger partial charge in [0, 0.05) is 38.2 Å². The number of piperidine rings is 1. The number of benzene rings is 1.